The van der Waals surface area contributed by atoms with Gasteiger partial charge in [-0.15, -0.1) is 0 Å². The lowest BCUT2D eigenvalue weighted by Crippen LogP contribution is -2.37. The zero-order valence-electron chi connectivity index (χ0n) is 22.6. The Hall–Kier alpha value is -3.51. The molecule has 2 aromatic rings. The van der Waals surface area contributed by atoms with E-state index in [1.54, 1.807) is 24.3 Å². The number of ether oxygens (including phenoxy) is 1. The molecule has 1 unspecified atom stereocenters. The zero-order valence-corrected chi connectivity index (χ0v) is 22.6. The molecule has 1 saturated heterocycles. The number of hydrogen-bond acceptors (Lipinski definition) is 6. The van der Waals surface area contributed by atoms with Crippen molar-refractivity contribution in [3.05, 3.63) is 76.4 Å². The number of piperidine rings is 1. The quantitative estimate of drug-likeness (QED) is 0.468. The molecule has 0 saturated carbocycles. The standard InChI is InChI=1S/C32H35N3O3/c1-19-8-7-14-35(18-19)15-13-33-24-17-26-29(34-23-12-11-20(32(2,3)4)16-25(23)38-26)28-27(24)30(36)21-9-5-6-10-22(21)31(28)37/h5-6,9-12,16-17,19,25,33H,7-8,13-15,18H2,1-4H3/t19-,25?/m0/s1. The first-order valence-corrected chi connectivity index (χ1v) is 13.7. The SMILES string of the molecule is C[C@H]1CCCN(CCNc2cc3c(c4c2C(=O)c2ccccc2C4=O)N=C2C=CC(C(C)(C)C)=CC2O3)C1. The summed E-state index contributed by atoms with van der Waals surface area (Å²) < 4.78 is 6.48. The van der Waals surface area contributed by atoms with Gasteiger partial charge >= 0.3 is 0 Å². The van der Waals surface area contributed by atoms with Gasteiger partial charge in [0.25, 0.3) is 0 Å². The Bertz CT molecular complexity index is 1430. The van der Waals surface area contributed by atoms with Crippen LogP contribution in [0.3, 0.4) is 0 Å². The highest BCUT2D eigenvalue weighted by Gasteiger charge is 2.38. The molecule has 0 radical (unpaired) electrons. The largest absolute Gasteiger partial charge is 0.478 e. The average Bonchev–Trinajstić information content (AvgIpc) is 2.89. The van der Waals surface area contributed by atoms with Crippen LogP contribution in [0.15, 0.2) is 59.1 Å². The zero-order chi connectivity index (χ0) is 26.6. The van der Waals surface area contributed by atoms with Crippen molar-refractivity contribution in [2.75, 3.05) is 31.5 Å². The third-order valence-electron chi connectivity index (χ3n) is 8.04. The van der Waals surface area contributed by atoms with Crippen molar-refractivity contribution in [1.82, 2.24) is 4.90 Å². The molecule has 1 fully saturated rings. The summed E-state index contributed by atoms with van der Waals surface area (Å²) >= 11 is 0. The van der Waals surface area contributed by atoms with Crippen LogP contribution in [0.4, 0.5) is 11.4 Å². The van der Waals surface area contributed by atoms with Crippen LogP contribution in [0.25, 0.3) is 0 Å². The summed E-state index contributed by atoms with van der Waals surface area (Å²) in [5, 5.41) is 3.50. The van der Waals surface area contributed by atoms with Gasteiger partial charge in [0.1, 0.15) is 11.4 Å². The first kappa shape index (κ1) is 24.8. The molecule has 2 heterocycles. The van der Waals surface area contributed by atoms with E-state index in [1.165, 1.54) is 18.4 Å². The fraction of sp³-hybridized carbons (Fsp3) is 0.406. The highest BCUT2D eigenvalue weighted by atomic mass is 16.5. The summed E-state index contributed by atoms with van der Waals surface area (Å²) in [5.41, 5.74) is 4.59. The molecule has 2 aliphatic heterocycles. The predicted octanol–water partition coefficient (Wildman–Crippen LogP) is 5.98. The molecule has 2 aliphatic carbocycles. The summed E-state index contributed by atoms with van der Waals surface area (Å²) in [6, 6.07) is 8.93. The van der Waals surface area contributed by atoms with Gasteiger partial charge in [0.2, 0.25) is 0 Å². The molecule has 38 heavy (non-hydrogen) atoms. The second-order valence-electron chi connectivity index (χ2n) is 12.0. The van der Waals surface area contributed by atoms with E-state index in [-0.39, 0.29) is 23.1 Å². The smallest absolute Gasteiger partial charge is 0.196 e. The topological polar surface area (TPSA) is 71.0 Å². The van der Waals surface area contributed by atoms with Gasteiger partial charge in [0, 0.05) is 42.5 Å². The molecule has 6 heteroatoms. The van der Waals surface area contributed by atoms with Gasteiger partial charge in [-0.2, -0.15) is 0 Å². The first-order valence-electron chi connectivity index (χ1n) is 13.7. The molecule has 2 atom stereocenters. The maximum Gasteiger partial charge on any atom is 0.196 e. The molecule has 1 N–H and O–H groups in total. The Balaban J connectivity index is 1.40. The lowest BCUT2D eigenvalue weighted by Gasteiger charge is -2.32. The van der Waals surface area contributed by atoms with Crippen LogP contribution in [0.2, 0.25) is 0 Å². The Labute approximate surface area is 224 Å². The Kier molecular flexibility index (Phi) is 6.10. The molecule has 0 aromatic heterocycles. The molecule has 4 aliphatic rings. The molecule has 2 aromatic carbocycles. The van der Waals surface area contributed by atoms with Crippen molar-refractivity contribution in [1.29, 1.82) is 0 Å². The minimum Gasteiger partial charge on any atom is -0.478 e. The number of aliphatic imine (C=N–C) groups is 1. The lowest BCUT2D eigenvalue weighted by atomic mass is 9.81. The van der Waals surface area contributed by atoms with Gasteiger partial charge in [0.15, 0.2) is 17.7 Å². The number of fused-ring (bicyclic) bond motifs is 5. The fourth-order valence-corrected chi connectivity index (χ4v) is 5.97. The first-order chi connectivity index (χ1) is 18.2. The van der Waals surface area contributed by atoms with Crippen LogP contribution in [0, 0.1) is 11.3 Å². The Morgan fingerprint density at radius 1 is 1.08 bits per heavy atom. The van der Waals surface area contributed by atoms with Crippen LogP contribution >= 0.6 is 0 Å². The number of ketones is 2. The minimum absolute atomic E-state index is 0.0215. The van der Waals surface area contributed by atoms with Crippen molar-refractivity contribution in [3.63, 3.8) is 0 Å². The van der Waals surface area contributed by atoms with Crippen LogP contribution in [-0.4, -0.2) is 54.5 Å². The normalized spacial score (nSPS) is 22.4. The van der Waals surface area contributed by atoms with E-state index in [4.69, 9.17) is 9.73 Å². The fourth-order valence-electron chi connectivity index (χ4n) is 5.97. The van der Waals surface area contributed by atoms with Crippen LogP contribution in [0.5, 0.6) is 5.75 Å². The Morgan fingerprint density at radius 2 is 1.82 bits per heavy atom. The lowest BCUT2D eigenvalue weighted by molar-refractivity contribution is 0.0979. The number of likely N-dealkylation sites (tertiary alicyclic amines) is 1. The summed E-state index contributed by atoms with van der Waals surface area (Å²) in [7, 11) is 0. The van der Waals surface area contributed by atoms with E-state index in [2.05, 4.69) is 50.1 Å². The average molecular weight is 510 g/mol. The van der Waals surface area contributed by atoms with E-state index in [9.17, 15) is 9.59 Å². The van der Waals surface area contributed by atoms with Crippen molar-refractivity contribution < 1.29 is 14.3 Å². The van der Waals surface area contributed by atoms with Crippen molar-refractivity contribution in [2.24, 2.45) is 16.3 Å². The van der Waals surface area contributed by atoms with Gasteiger partial charge < -0.3 is 15.0 Å². The molecule has 0 spiro atoms. The van der Waals surface area contributed by atoms with Crippen LogP contribution in [-0.2, 0) is 0 Å². The van der Waals surface area contributed by atoms with E-state index in [1.807, 2.05) is 12.1 Å². The molecule has 6 rings (SSSR count). The van der Waals surface area contributed by atoms with Gasteiger partial charge in [-0.3, -0.25) is 9.59 Å². The summed E-state index contributed by atoms with van der Waals surface area (Å²) in [6.07, 6.45) is 8.30. The Morgan fingerprint density at radius 3 is 2.53 bits per heavy atom. The second-order valence-corrected chi connectivity index (χ2v) is 12.0. The van der Waals surface area contributed by atoms with Gasteiger partial charge in [-0.1, -0.05) is 58.0 Å². The number of hydrogen-bond donors (Lipinski definition) is 1. The number of anilines is 1. The highest BCUT2D eigenvalue weighted by molar-refractivity contribution is 6.32. The monoisotopic (exact) mass is 509 g/mol. The highest BCUT2D eigenvalue weighted by Crippen LogP contribution is 2.46. The summed E-state index contributed by atoms with van der Waals surface area (Å²) in [5.74, 6) is 0.902. The van der Waals surface area contributed by atoms with Crippen molar-refractivity contribution >= 4 is 28.7 Å². The molecule has 196 valence electrons. The van der Waals surface area contributed by atoms with Crippen molar-refractivity contribution in [3.8, 4) is 5.75 Å². The van der Waals surface area contributed by atoms with E-state index >= 15 is 0 Å². The minimum atomic E-state index is -0.329. The van der Waals surface area contributed by atoms with Crippen LogP contribution in [0.1, 0.15) is 72.4 Å². The third kappa shape index (κ3) is 4.31. The number of nitrogens with one attached hydrogen (secondary N) is 1. The molecule has 0 amide bonds. The number of rotatable bonds is 4. The van der Waals surface area contributed by atoms with Gasteiger partial charge in [-0.05, 0) is 48.4 Å². The third-order valence-corrected chi connectivity index (χ3v) is 8.04. The van der Waals surface area contributed by atoms with E-state index in [0.29, 0.717) is 51.8 Å². The molecular formula is C32H35N3O3. The van der Waals surface area contributed by atoms with E-state index < -0.39 is 0 Å². The predicted molar refractivity (Wildman–Crippen MR) is 151 cm³/mol. The van der Waals surface area contributed by atoms with Crippen molar-refractivity contribution in [2.45, 2.75) is 46.6 Å². The number of benzene rings is 2. The van der Waals surface area contributed by atoms with Gasteiger partial charge in [0.05, 0.1) is 16.8 Å². The van der Waals surface area contributed by atoms with Gasteiger partial charge in [-0.25, -0.2) is 4.99 Å². The molecule has 0 bridgehead atoms. The maximum absolute atomic E-state index is 13.8. The summed E-state index contributed by atoms with van der Waals surface area (Å²) in [4.78, 5) is 35.0. The maximum atomic E-state index is 13.8. The second kappa shape index (κ2) is 9.35. The molecule has 6 nitrogen and oxygen atoms in total. The number of carbonyl (C=O) groups is 2. The van der Waals surface area contributed by atoms with E-state index in [0.717, 1.165) is 25.3 Å². The molecular weight excluding hydrogens is 474 g/mol. The summed E-state index contributed by atoms with van der Waals surface area (Å²) in [6.45, 7) is 12.6. The number of carbonyl (C=O) groups excluding carboxylic acids is 2. The number of nitrogens with zero attached hydrogens (tertiary/aromatic N) is 2. The van der Waals surface area contributed by atoms with Crippen LogP contribution < -0.4 is 10.1 Å². The number of allylic oxidation sites excluding steroid dienone is 2.